The first-order valence-corrected chi connectivity index (χ1v) is 9.74. The number of methoxy groups -OCH3 is 1. The largest absolute Gasteiger partial charge is 0.497 e. The summed E-state index contributed by atoms with van der Waals surface area (Å²) < 4.78 is 44.0. The van der Waals surface area contributed by atoms with Crippen molar-refractivity contribution in [3.05, 3.63) is 63.8 Å². The minimum absolute atomic E-state index is 0.104. The van der Waals surface area contributed by atoms with Crippen LogP contribution in [-0.4, -0.2) is 54.0 Å². The second-order valence-corrected chi connectivity index (χ2v) is 7.37. The molecular weight excluding hydrogens is 429 g/mol. The maximum Gasteiger partial charge on any atom is 0.416 e. The Hall–Kier alpha value is -3.76. The first-order valence-electron chi connectivity index (χ1n) is 9.74. The van der Waals surface area contributed by atoms with Crippen molar-refractivity contribution >= 4 is 28.2 Å². The highest BCUT2D eigenvalue weighted by Crippen LogP contribution is 2.36. The Morgan fingerprint density at radius 1 is 1.09 bits per heavy atom. The van der Waals surface area contributed by atoms with Crippen molar-refractivity contribution in [1.82, 2.24) is 9.88 Å². The molecule has 1 saturated heterocycles. The number of hydrogen-bond donors (Lipinski definition) is 1. The molecule has 1 amide bonds. The van der Waals surface area contributed by atoms with E-state index < -0.39 is 22.4 Å². The van der Waals surface area contributed by atoms with Gasteiger partial charge in [0.1, 0.15) is 17.1 Å². The summed E-state index contributed by atoms with van der Waals surface area (Å²) in [6, 6.07) is 9.65. The van der Waals surface area contributed by atoms with Gasteiger partial charge in [-0.3, -0.25) is 14.9 Å². The summed E-state index contributed by atoms with van der Waals surface area (Å²) >= 11 is 0. The monoisotopic (exact) mass is 448 g/mol. The molecule has 1 aromatic heterocycles. The van der Waals surface area contributed by atoms with Crippen molar-refractivity contribution in [2.24, 2.45) is 0 Å². The van der Waals surface area contributed by atoms with Gasteiger partial charge in [0.25, 0.3) is 11.6 Å². The van der Waals surface area contributed by atoms with Gasteiger partial charge in [0.15, 0.2) is 0 Å². The summed E-state index contributed by atoms with van der Waals surface area (Å²) in [5.41, 5.74) is -0.414. The number of fused-ring (bicyclic) bond motifs is 1. The standard InChI is InChI=1S/C21H19F3N4O4/c1-32-15-4-2-13-10-17(25-16(13)12-15)20(29)27-8-6-26(7-9-27)18-5-3-14(21(22,23)24)11-19(18)28(30)31/h2-5,10-12,25H,6-9H2,1H3. The molecule has 0 radical (unpaired) electrons. The van der Waals surface area contributed by atoms with Gasteiger partial charge in [-0.05, 0) is 30.3 Å². The van der Waals surface area contributed by atoms with Crippen LogP contribution >= 0.6 is 0 Å². The van der Waals surface area contributed by atoms with Gasteiger partial charge >= 0.3 is 6.18 Å². The molecule has 1 fully saturated rings. The summed E-state index contributed by atoms with van der Waals surface area (Å²) in [6.45, 7) is 1.06. The number of alkyl halides is 3. The van der Waals surface area contributed by atoms with Crippen LogP contribution in [0.25, 0.3) is 10.9 Å². The van der Waals surface area contributed by atoms with Crippen molar-refractivity contribution in [3.63, 3.8) is 0 Å². The number of aromatic nitrogens is 1. The van der Waals surface area contributed by atoms with Crippen molar-refractivity contribution < 1.29 is 27.6 Å². The Kier molecular flexibility index (Phi) is 5.41. The van der Waals surface area contributed by atoms with Crippen molar-refractivity contribution in [2.75, 3.05) is 38.2 Å². The van der Waals surface area contributed by atoms with Crippen LogP contribution < -0.4 is 9.64 Å². The van der Waals surface area contributed by atoms with E-state index >= 15 is 0 Å². The summed E-state index contributed by atoms with van der Waals surface area (Å²) in [5.74, 6) is 0.437. The number of nitrogens with zero attached hydrogens (tertiary/aromatic N) is 3. The average molecular weight is 448 g/mol. The molecule has 0 bridgehead atoms. The van der Waals surface area contributed by atoms with Crippen LogP contribution in [0, 0.1) is 10.1 Å². The Morgan fingerprint density at radius 2 is 1.81 bits per heavy atom. The van der Waals surface area contributed by atoms with Gasteiger partial charge in [-0.1, -0.05) is 0 Å². The van der Waals surface area contributed by atoms with Gasteiger partial charge in [-0.25, -0.2) is 0 Å². The third-order valence-corrected chi connectivity index (χ3v) is 5.47. The first-order chi connectivity index (χ1) is 15.2. The number of nitro benzene ring substituents is 1. The molecule has 32 heavy (non-hydrogen) atoms. The molecule has 2 aromatic carbocycles. The van der Waals surface area contributed by atoms with Crippen LogP contribution in [0.3, 0.4) is 0 Å². The number of ether oxygens (including phenoxy) is 1. The lowest BCUT2D eigenvalue weighted by Gasteiger charge is -2.35. The molecule has 3 aromatic rings. The number of nitro groups is 1. The molecule has 2 heterocycles. The van der Waals surface area contributed by atoms with E-state index in [1.54, 1.807) is 35.1 Å². The molecule has 0 atom stereocenters. The number of piperazine rings is 1. The fraction of sp³-hybridized carbons (Fsp3) is 0.286. The molecule has 11 heteroatoms. The normalized spacial score (nSPS) is 14.6. The number of anilines is 1. The lowest BCUT2D eigenvalue weighted by Crippen LogP contribution is -2.49. The molecule has 4 rings (SSSR count). The van der Waals surface area contributed by atoms with Gasteiger partial charge in [0.05, 0.1) is 17.6 Å². The van der Waals surface area contributed by atoms with Gasteiger partial charge in [-0.15, -0.1) is 0 Å². The van der Waals surface area contributed by atoms with E-state index in [1.165, 1.54) is 0 Å². The van der Waals surface area contributed by atoms with E-state index in [2.05, 4.69) is 4.98 Å². The topological polar surface area (TPSA) is 91.7 Å². The fourth-order valence-electron chi connectivity index (χ4n) is 3.78. The number of benzene rings is 2. The zero-order chi connectivity index (χ0) is 23.0. The fourth-order valence-corrected chi connectivity index (χ4v) is 3.78. The zero-order valence-corrected chi connectivity index (χ0v) is 17.0. The van der Waals surface area contributed by atoms with Gasteiger partial charge < -0.3 is 19.5 Å². The van der Waals surface area contributed by atoms with Crippen molar-refractivity contribution in [2.45, 2.75) is 6.18 Å². The molecule has 168 valence electrons. The Morgan fingerprint density at radius 3 is 2.44 bits per heavy atom. The third-order valence-electron chi connectivity index (χ3n) is 5.47. The molecular formula is C21H19F3N4O4. The smallest absolute Gasteiger partial charge is 0.416 e. The predicted molar refractivity (Wildman–Crippen MR) is 111 cm³/mol. The molecule has 0 unspecified atom stereocenters. The van der Waals surface area contributed by atoms with E-state index in [0.29, 0.717) is 17.5 Å². The van der Waals surface area contributed by atoms with Crippen LogP contribution in [0.15, 0.2) is 42.5 Å². The number of halogens is 3. The van der Waals surface area contributed by atoms with Crippen LogP contribution in [0.5, 0.6) is 5.75 Å². The minimum atomic E-state index is -4.67. The number of carbonyl (C=O) groups excluding carboxylic acids is 1. The molecule has 1 aliphatic heterocycles. The Labute approximate surface area is 180 Å². The highest BCUT2D eigenvalue weighted by atomic mass is 19.4. The van der Waals surface area contributed by atoms with Gasteiger partial charge in [0.2, 0.25) is 0 Å². The first kappa shape index (κ1) is 21.5. The molecule has 1 aliphatic rings. The van der Waals surface area contributed by atoms with E-state index in [9.17, 15) is 28.1 Å². The number of carbonyl (C=O) groups is 1. The predicted octanol–water partition coefficient (Wildman–Crippen LogP) is 4.07. The SMILES string of the molecule is COc1ccc2cc(C(=O)N3CCN(c4ccc(C(F)(F)F)cc4[N+](=O)[O-])CC3)[nH]c2c1. The summed E-state index contributed by atoms with van der Waals surface area (Å²) in [6.07, 6.45) is -4.67. The Bertz CT molecular complexity index is 1180. The molecule has 0 saturated carbocycles. The second kappa shape index (κ2) is 8.06. The highest BCUT2D eigenvalue weighted by Gasteiger charge is 2.34. The summed E-state index contributed by atoms with van der Waals surface area (Å²) in [7, 11) is 1.55. The van der Waals surface area contributed by atoms with Gasteiger partial charge in [-0.2, -0.15) is 13.2 Å². The maximum absolute atomic E-state index is 12.9. The summed E-state index contributed by atoms with van der Waals surface area (Å²) in [4.78, 5) is 29.8. The number of aromatic amines is 1. The number of H-pyrrole nitrogens is 1. The van der Waals surface area contributed by atoms with Gasteiger partial charge in [0, 0.05) is 49.2 Å². The zero-order valence-electron chi connectivity index (χ0n) is 17.0. The molecule has 0 spiro atoms. The van der Waals surface area contributed by atoms with E-state index in [-0.39, 0.29) is 37.8 Å². The van der Waals surface area contributed by atoms with Crippen LogP contribution in [0.2, 0.25) is 0 Å². The van der Waals surface area contributed by atoms with Crippen molar-refractivity contribution in [1.29, 1.82) is 0 Å². The Balaban J connectivity index is 1.49. The number of hydrogen-bond acceptors (Lipinski definition) is 5. The third kappa shape index (κ3) is 4.05. The summed E-state index contributed by atoms with van der Waals surface area (Å²) in [5, 5.41) is 12.2. The van der Waals surface area contributed by atoms with Crippen LogP contribution in [0.4, 0.5) is 24.5 Å². The van der Waals surface area contributed by atoms with Crippen LogP contribution in [-0.2, 0) is 6.18 Å². The number of amides is 1. The van der Waals surface area contributed by atoms with Crippen molar-refractivity contribution in [3.8, 4) is 5.75 Å². The lowest BCUT2D eigenvalue weighted by atomic mass is 10.1. The second-order valence-electron chi connectivity index (χ2n) is 7.37. The lowest BCUT2D eigenvalue weighted by molar-refractivity contribution is -0.384. The van der Waals surface area contributed by atoms with E-state index in [4.69, 9.17) is 4.74 Å². The highest BCUT2D eigenvalue weighted by molar-refractivity contribution is 5.98. The minimum Gasteiger partial charge on any atom is -0.497 e. The van der Waals surface area contributed by atoms with E-state index in [1.807, 2.05) is 6.07 Å². The quantitative estimate of drug-likeness (QED) is 0.480. The molecule has 8 nitrogen and oxygen atoms in total. The molecule has 0 aliphatic carbocycles. The maximum atomic E-state index is 12.9. The van der Waals surface area contributed by atoms with E-state index in [0.717, 1.165) is 23.0 Å². The number of rotatable bonds is 4. The number of nitrogens with one attached hydrogen (secondary N) is 1. The van der Waals surface area contributed by atoms with Crippen LogP contribution in [0.1, 0.15) is 16.1 Å². The molecule has 1 N–H and O–H groups in total. The average Bonchev–Trinajstić information content (AvgIpc) is 3.21.